The van der Waals surface area contributed by atoms with Gasteiger partial charge in [-0.3, -0.25) is 0 Å². The van der Waals surface area contributed by atoms with Crippen LogP contribution in [0.25, 0.3) is 0 Å². The Labute approximate surface area is 101 Å². The zero-order valence-corrected chi connectivity index (χ0v) is 9.90. The highest BCUT2D eigenvalue weighted by molar-refractivity contribution is 5.66. The van der Waals surface area contributed by atoms with Gasteiger partial charge in [0.25, 0.3) is 0 Å². The number of imidazole rings is 1. The van der Waals surface area contributed by atoms with Gasteiger partial charge in [-0.15, -0.1) is 0 Å². The lowest BCUT2D eigenvalue weighted by atomic mass is 10.1. The van der Waals surface area contributed by atoms with Crippen LogP contribution in [0.4, 0.5) is 17.3 Å². The Balaban J connectivity index is 1.85. The zero-order chi connectivity index (χ0) is 11.7. The highest BCUT2D eigenvalue weighted by Crippen LogP contribution is 2.30. The molecule has 88 valence electrons. The number of fused-ring (bicyclic) bond motifs is 1. The summed E-state index contributed by atoms with van der Waals surface area (Å²) < 4.78 is 0. The quantitative estimate of drug-likeness (QED) is 0.848. The predicted molar refractivity (Wildman–Crippen MR) is 69.9 cm³/mol. The van der Waals surface area contributed by atoms with E-state index >= 15 is 0 Å². The van der Waals surface area contributed by atoms with E-state index in [0.29, 0.717) is 0 Å². The third kappa shape index (κ3) is 1.86. The molecular weight excluding hydrogens is 212 g/mol. The summed E-state index contributed by atoms with van der Waals surface area (Å²) in [6.07, 6.45) is 4.69. The molecular formula is C13H16N4. The Hall–Kier alpha value is -1.97. The minimum atomic E-state index is 0.787. The number of anilines is 3. The highest BCUT2D eigenvalue weighted by Gasteiger charge is 2.17. The number of H-pyrrole nitrogens is 1. The third-order valence-corrected chi connectivity index (χ3v) is 3.21. The van der Waals surface area contributed by atoms with Gasteiger partial charge in [0.15, 0.2) is 0 Å². The Morgan fingerprint density at radius 2 is 2.41 bits per heavy atom. The second-order valence-electron chi connectivity index (χ2n) is 4.24. The SMILES string of the molecule is CCN1CCc2cc(Nc3ncc[nH]3)ccc21. The van der Waals surface area contributed by atoms with Crippen LogP contribution in [-0.2, 0) is 6.42 Å². The van der Waals surface area contributed by atoms with E-state index in [-0.39, 0.29) is 0 Å². The molecule has 1 aliphatic heterocycles. The smallest absolute Gasteiger partial charge is 0.204 e. The highest BCUT2D eigenvalue weighted by atomic mass is 15.1. The molecule has 0 unspecified atom stereocenters. The molecule has 4 nitrogen and oxygen atoms in total. The second-order valence-corrected chi connectivity index (χ2v) is 4.24. The first-order chi connectivity index (χ1) is 8.36. The molecule has 0 amide bonds. The van der Waals surface area contributed by atoms with Crippen molar-refractivity contribution >= 4 is 17.3 Å². The molecule has 0 atom stereocenters. The molecule has 0 saturated carbocycles. The van der Waals surface area contributed by atoms with E-state index in [9.17, 15) is 0 Å². The van der Waals surface area contributed by atoms with Crippen LogP contribution in [0.15, 0.2) is 30.6 Å². The van der Waals surface area contributed by atoms with Crippen LogP contribution in [0.3, 0.4) is 0 Å². The number of hydrogen-bond acceptors (Lipinski definition) is 3. The Morgan fingerprint density at radius 1 is 1.47 bits per heavy atom. The van der Waals surface area contributed by atoms with Crippen LogP contribution in [0.5, 0.6) is 0 Å². The van der Waals surface area contributed by atoms with Gasteiger partial charge < -0.3 is 15.2 Å². The lowest BCUT2D eigenvalue weighted by Crippen LogP contribution is -2.18. The molecule has 0 aliphatic carbocycles. The maximum absolute atomic E-state index is 4.16. The van der Waals surface area contributed by atoms with Crippen LogP contribution in [0, 0.1) is 0 Å². The Kier molecular flexibility index (Phi) is 2.48. The molecule has 1 aromatic heterocycles. The maximum atomic E-state index is 4.16. The average Bonchev–Trinajstić information content (AvgIpc) is 2.97. The summed E-state index contributed by atoms with van der Waals surface area (Å²) in [5.74, 6) is 0.787. The summed E-state index contributed by atoms with van der Waals surface area (Å²) in [4.78, 5) is 9.61. The summed E-state index contributed by atoms with van der Waals surface area (Å²) in [6, 6.07) is 6.51. The van der Waals surface area contributed by atoms with E-state index in [1.54, 1.807) is 6.20 Å². The van der Waals surface area contributed by atoms with E-state index in [1.807, 2.05) is 6.20 Å². The monoisotopic (exact) mass is 228 g/mol. The van der Waals surface area contributed by atoms with Crippen molar-refractivity contribution in [2.75, 3.05) is 23.3 Å². The van der Waals surface area contributed by atoms with Crippen LogP contribution < -0.4 is 10.2 Å². The minimum Gasteiger partial charge on any atom is -0.371 e. The number of likely N-dealkylation sites (N-methyl/N-ethyl adjacent to an activating group) is 1. The molecule has 0 radical (unpaired) electrons. The van der Waals surface area contributed by atoms with Crippen molar-refractivity contribution in [3.63, 3.8) is 0 Å². The molecule has 2 heterocycles. The standard InChI is InChI=1S/C13H16N4/c1-2-17-8-5-10-9-11(3-4-12(10)17)16-13-14-6-7-15-13/h3-4,6-7,9H,2,5,8H2,1H3,(H2,14,15,16). The first-order valence-corrected chi connectivity index (χ1v) is 6.01. The fourth-order valence-corrected chi connectivity index (χ4v) is 2.35. The summed E-state index contributed by atoms with van der Waals surface area (Å²) in [5.41, 5.74) is 3.89. The van der Waals surface area contributed by atoms with Crippen LogP contribution in [0.2, 0.25) is 0 Å². The molecule has 0 bridgehead atoms. The summed E-state index contributed by atoms with van der Waals surface area (Å²) in [5, 5.41) is 3.26. The number of benzene rings is 1. The minimum absolute atomic E-state index is 0.787. The van der Waals surface area contributed by atoms with Crippen molar-refractivity contribution in [2.45, 2.75) is 13.3 Å². The van der Waals surface area contributed by atoms with Gasteiger partial charge in [-0.2, -0.15) is 0 Å². The van der Waals surface area contributed by atoms with E-state index in [4.69, 9.17) is 0 Å². The van der Waals surface area contributed by atoms with Gasteiger partial charge in [-0.25, -0.2) is 4.98 Å². The van der Waals surface area contributed by atoms with Gasteiger partial charge in [0, 0.05) is 36.9 Å². The summed E-state index contributed by atoms with van der Waals surface area (Å²) in [7, 11) is 0. The van der Waals surface area contributed by atoms with Crippen molar-refractivity contribution < 1.29 is 0 Å². The van der Waals surface area contributed by atoms with Crippen molar-refractivity contribution in [2.24, 2.45) is 0 Å². The van der Waals surface area contributed by atoms with Gasteiger partial charge >= 0.3 is 0 Å². The van der Waals surface area contributed by atoms with Gasteiger partial charge in [0.05, 0.1) is 0 Å². The van der Waals surface area contributed by atoms with Crippen molar-refractivity contribution in [1.29, 1.82) is 0 Å². The van der Waals surface area contributed by atoms with Gasteiger partial charge in [-0.05, 0) is 37.1 Å². The molecule has 0 saturated heterocycles. The number of aromatic amines is 1. The molecule has 1 aromatic carbocycles. The number of rotatable bonds is 3. The topological polar surface area (TPSA) is 44.0 Å². The lowest BCUT2D eigenvalue weighted by Gasteiger charge is -2.16. The van der Waals surface area contributed by atoms with E-state index in [2.05, 4.69) is 45.3 Å². The first kappa shape index (κ1) is 10.2. The predicted octanol–water partition coefficient (Wildman–Crippen LogP) is 2.54. The third-order valence-electron chi connectivity index (χ3n) is 3.21. The van der Waals surface area contributed by atoms with E-state index < -0.39 is 0 Å². The van der Waals surface area contributed by atoms with Crippen LogP contribution in [0.1, 0.15) is 12.5 Å². The largest absolute Gasteiger partial charge is 0.371 e. The fraction of sp³-hybridized carbons (Fsp3) is 0.308. The molecule has 0 spiro atoms. The van der Waals surface area contributed by atoms with Crippen LogP contribution in [-0.4, -0.2) is 23.1 Å². The number of nitrogens with zero attached hydrogens (tertiary/aromatic N) is 2. The average molecular weight is 228 g/mol. The normalized spacial score (nSPS) is 13.8. The lowest BCUT2D eigenvalue weighted by molar-refractivity contribution is 0.868. The van der Waals surface area contributed by atoms with Gasteiger partial charge in [-0.1, -0.05) is 0 Å². The van der Waals surface area contributed by atoms with Crippen molar-refractivity contribution in [1.82, 2.24) is 9.97 Å². The molecule has 0 fully saturated rings. The van der Waals surface area contributed by atoms with E-state index in [0.717, 1.165) is 31.1 Å². The number of aromatic nitrogens is 2. The van der Waals surface area contributed by atoms with Gasteiger partial charge in [0.1, 0.15) is 0 Å². The Morgan fingerprint density at radius 3 is 3.18 bits per heavy atom. The van der Waals surface area contributed by atoms with Crippen LogP contribution >= 0.6 is 0 Å². The first-order valence-electron chi connectivity index (χ1n) is 6.01. The maximum Gasteiger partial charge on any atom is 0.204 e. The molecule has 17 heavy (non-hydrogen) atoms. The molecule has 3 rings (SSSR count). The second kappa shape index (κ2) is 4.13. The molecule has 4 heteroatoms. The van der Waals surface area contributed by atoms with Crippen molar-refractivity contribution in [3.8, 4) is 0 Å². The van der Waals surface area contributed by atoms with E-state index in [1.165, 1.54) is 11.3 Å². The number of hydrogen-bond donors (Lipinski definition) is 2. The van der Waals surface area contributed by atoms with Gasteiger partial charge in [0.2, 0.25) is 5.95 Å². The summed E-state index contributed by atoms with van der Waals surface area (Å²) in [6.45, 7) is 4.41. The molecule has 1 aliphatic rings. The van der Waals surface area contributed by atoms with Crippen molar-refractivity contribution in [3.05, 3.63) is 36.2 Å². The molecule has 2 N–H and O–H groups in total. The zero-order valence-electron chi connectivity index (χ0n) is 9.90. The Bertz CT molecular complexity index is 504. The summed E-state index contributed by atoms with van der Waals surface area (Å²) >= 11 is 0. The molecule has 2 aromatic rings. The number of nitrogens with one attached hydrogen (secondary N) is 2. The fourth-order valence-electron chi connectivity index (χ4n) is 2.35.